The summed E-state index contributed by atoms with van der Waals surface area (Å²) in [5.41, 5.74) is 2.53. The highest BCUT2D eigenvalue weighted by molar-refractivity contribution is 5.83. The van der Waals surface area contributed by atoms with Crippen LogP contribution < -0.4 is 10.9 Å². The number of nitrogens with zero attached hydrogens (tertiary/aromatic N) is 6. The molecule has 0 spiro atoms. The molecular formula is C25H35N7O2. The van der Waals surface area contributed by atoms with Crippen molar-refractivity contribution >= 4 is 16.8 Å². The summed E-state index contributed by atoms with van der Waals surface area (Å²) in [7, 11) is 0. The van der Waals surface area contributed by atoms with Crippen molar-refractivity contribution in [1.82, 2.24) is 34.7 Å². The number of fused-ring (bicyclic) bond motifs is 1. The summed E-state index contributed by atoms with van der Waals surface area (Å²) in [6, 6.07) is 9.69. The van der Waals surface area contributed by atoms with Gasteiger partial charge in [-0.2, -0.15) is 10.2 Å². The smallest absolute Gasteiger partial charge is 0.278 e. The minimum atomic E-state index is -0.291. The molecular weight excluding hydrogens is 430 g/mol. The van der Waals surface area contributed by atoms with E-state index >= 15 is 0 Å². The molecule has 1 aliphatic heterocycles. The first-order chi connectivity index (χ1) is 16.5. The lowest BCUT2D eigenvalue weighted by atomic mass is 10.2. The normalized spacial score (nSPS) is 15.1. The molecule has 1 saturated heterocycles. The Kier molecular flexibility index (Phi) is 7.74. The van der Waals surface area contributed by atoms with E-state index < -0.39 is 0 Å². The van der Waals surface area contributed by atoms with Gasteiger partial charge in [0, 0.05) is 32.7 Å². The van der Waals surface area contributed by atoms with Crippen LogP contribution in [-0.2, 0) is 11.3 Å². The lowest BCUT2D eigenvalue weighted by molar-refractivity contribution is -0.121. The van der Waals surface area contributed by atoms with Gasteiger partial charge in [-0.25, -0.2) is 9.36 Å². The number of benzene rings is 1. The fraction of sp³-hybridized carbons (Fsp3) is 0.520. The van der Waals surface area contributed by atoms with E-state index in [2.05, 4.69) is 32.2 Å². The molecule has 0 radical (unpaired) electrons. The van der Waals surface area contributed by atoms with E-state index in [1.54, 1.807) is 4.68 Å². The largest absolute Gasteiger partial charge is 0.354 e. The number of rotatable bonds is 9. The van der Waals surface area contributed by atoms with Crippen LogP contribution in [0.1, 0.15) is 31.2 Å². The number of hydrogen-bond acceptors (Lipinski definition) is 6. The van der Waals surface area contributed by atoms with Crippen molar-refractivity contribution in [1.29, 1.82) is 0 Å². The van der Waals surface area contributed by atoms with Gasteiger partial charge in [0.05, 0.1) is 22.5 Å². The second kappa shape index (κ2) is 10.9. The monoisotopic (exact) mass is 465 g/mol. The molecule has 3 aromatic rings. The van der Waals surface area contributed by atoms with Crippen LogP contribution in [0.2, 0.25) is 0 Å². The molecule has 0 bridgehead atoms. The Morgan fingerprint density at radius 3 is 2.35 bits per heavy atom. The van der Waals surface area contributed by atoms with Gasteiger partial charge in [0.25, 0.3) is 5.56 Å². The summed E-state index contributed by atoms with van der Waals surface area (Å²) < 4.78 is 3.01. The van der Waals surface area contributed by atoms with Crippen molar-refractivity contribution in [2.75, 3.05) is 45.8 Å². The molecule has 1 fully saturated rings. The first-order valence-corrected chi connectivity index (χ1v) is 12.2. The highest BCUT2D eigenvalue weighted by Gasteiger charge is 2.19. The number of carbonyl (C=O) groups is 1. The molecule has 3 heterocycles. The van der Waals surface area contributed by atoms with Gasteiger partial charge in [0.1, 0.15) is 12.1 Å². The summed E-state index contributed by atoms with van der Waals surface area (Å²) in [6.45, 7) is 13.0. The predicted molar refractivity (Wildman–Crippen MR) is 133 cm³/mol. The van der Waals surface area contributed by atoms with Gasteiger partial charge in [-0.05, 0) is 51.9 Å². The first kappa shape index (κ1) is 24.1. The molecule has 4 rings (SSSR count). The van der Waals surface area contributed by atoms with Gasteiger partial charge in [-0.1, -0.05) is 25.1 Å². The van der Waals surface area contributed by atoms with E-state index in [4.69, 9.17) is 0 Å². The number of aryl methyl sites for hydroxylation is 2. The zero-order chi connectivity index (χ0) is 24.1. The van der Waals surface area contributed by atoms with E-state index in [0.29, 0.717) is 23.1 Å². The van der Waals surface area contributed by atoms with Crippen LogP contribution in [0.3, 0.4) is 0 Å². The van der Waals surface area contributed by atoms with E-state index in [1.165, 1.54) is 17.6 Å². The van der Waals surface area contributed by atoms with E-state index in [-0.39, 0.29) is 18.0 Å². The number of hydrogen-bond donors (Lipinski definition) is 1. The Morgan fingerprint density at radius 2 is 1.68 bits per heavy atom. The average molecular weight is 466 g/mol. The van der Waals surface area contributed by atoms with Gasteiger partial charge in [0.2, 0.25) is 5.91 Å². The van der Waals surface area contributed by atoms with Crippen molar-refractivity contribution in [3.8, 4) is 5.69 Å². The zero-order valence-corrected chi connectivity index (χ0v) is 20.5. The van der Waals surface area contributed by atoms with Crippen LogP contribution in [0.25, 0.3) is 16.6 Å². The van der Waals surface area contributed by atoms with Gasteiger partial charge < -0.3 is 15.1 Å². The van der Waals surface area contributed by atoms with Crippen LogP contribution in [0, 0.1) is 13.8 Å². The highest BCUT2D eigenvalue weighted by atomic mass is 16.2. The van der Waals surface area contributed by atoms with Crippen LogP contribution in [-0.4, -0.2) is 81.1 Å². The number of aromatic nitrogens is 4. The van der Waals surface area contributed by atoms with Gasteiger partial charge in [0.15, 0.2) is 0 Å². The minimum Gasteiger partial charge on any atom is -0.354 e. The number of nitrogens with one attached hydrogen (secondary N) is 1. The van der Waals surface area contributed by atoms with E-state index in [0.717, 1.165) is 50.5 Å². The number of amides is 1. The van der Waals surface area contributed by atoms with Crippen LogP contribution in [0.4, 0.5) is 0 Å². The molecule has 2 aromatic heterocycles. The van der Waals surface area contributed by atoms with Crippen molar-refractivity contribution < 1.29 is 4.79 Å². The number of piperazine rings is 1. The summed E-state index contributed by atoms with van der Waals surface area (Å²) in [4.78, 5) is 30.6. The summed E-state index contributed by atoms with van der Waals surface area (Å²) in [5.74, 6) is -0.200. The molecule has 0 unspecified atom stereocenters. The van der Waals surface area contributed by atoms with E-state index in [1.807, 2.05) is 44.2 Å². The van der Waals surface area contributed by atoms with Gasteiger partial charge in [-0.15, -0.1) is 0 Å². The third-order valence-corrected chi connectivity index (χ3v) is 6.45. The second-order valence-electron chi connectivity index (χ2n) is 8.99. The van der Waals surface area contributed by atoms with Crippen molar-refractivity contribution in [2.24, 2.45) is 0 Å². The predicted octanol–water partition coefficient (Wildman–Crippen LogP) is 1.73. The van der Waals surface area contributed by atoms with Crippen molar-refractivity contribution in [2.45, 2.75) is 40.2 Å². The lowest BCUT2D eigenvalue weighted by Gasteiger charge is -2.34. The van der Waals surface area contributed by atoms with Crippen molar-refractivity contribution in [3.05, 3.63) is 52.1 Å². The molecule has 1 amide bonds. The molecule has 1 N–H and O–H groups in total. The lowest BCUT2D eigenvalue weighted by Crippen LogP contribution is -2.47. The van der Waals surface area contributed by atoms with Crippen molar-refractivity contribution in [3.63, 3.8) is 0 Å². The summed E-state index contributed by atoms with van der Waals surface area (Å²) in [6.07, 6.45) is 2.09. The number of para-hydroxylation sites is 1. The summed E-state index contributed by atoms with van der Waals surface area (Å²) >= 11 is 0. The topological polar surface area (TPSA) is 88.3 Å². The molecule has 9 nitrogen and oxygen atoms in total. The fourth-order valence-corrected chi connectivity index (χ4v) is 4.62. The van der Waals surface area contributed by atoms with E-state index in [9.17, 15) is 9.59 Å². The standard InChI is InChI=1S/C25H35N7O2/c1-4-12-29-14-16-30(17-15-29)13-8-11-26-22(33)18-31-25(34)23-20(3)32(21-9-6-5-7-10-21)28-24(23)19(2)27-31/h5-7,9-10H,4,8,11-18H2,1-3H3,(H,26,33). The fourth-order valence-electron chi connectivity index (χ4n) is 4.62. The van der Waals surface area contributed by atoms with Gasteiger partial charge in [-0.3, -0.25) is 9.59 Å². The maximum atomic E-state index is 13.1. The van der Waals surface area contributed by atoms with Crippen LogP contribution in [0.15, 0.2) is 35.1 Å². The molecule has 0 atom stereocenters. The average Bonchev–Trinajstić information content (AvgIpc) is 3.20. The Morgan fingerprint density at radius 1 is 1.00 bits per heavy atom. The molecule has 1 aromatic carbocycles. The molecule has 0 saturated carbocycles. The third-order valence-electron chi connectivity index (χ3n) is 6.45. The van der Waals surface area contributed by atoms with Crippen LogP contribution in [0.5, 0.6) is 0 Å². The SMILES string of the molecule is CCCN1CCN(CCCNC(=O)Cn2nc(C)c3nn(-c4ccccc4)c(C)c3c2=O)CC1. The first-order valence-electron chi connectivity index (χ1n) is 12.2. The molecule has 182 valence electrons. The maximum absolute atomic E-state index is 13.1. The third kappa shape index (κ3) is 5.37. The molecule has 9 heteroatoms. The highest BCUT2D eigenvalue weighted by Crippen LogP contribution is 2.19. The quantitative estimate of drug-likeness (QED) is 0.484. The van der Waals surface area contributed by atoms with Gasteiger partial charge >= 0.3 is 0 Å². The molecule has 0 aliphatic carbocycles. The second-order valence-corrected chi connectivity index (χ2v) is 8.99. The Balaban J connectivity index is 1.35. The minimum absolute atomic E-state index is 0.0960. The Hall–Kier alpha value is -3.04. The zero-order valence-electron chi connectivity index (χ0n) is 20.5. The molecule has 1 aliphatic rings. The van der Waals surface area contributed by atoms with Crippen LogP contribution >= 0.6 is 0 Å². The molecule has 34 heavy (non-hydrogen) atoms. The number of carbonyl (C=O) groups excluding carboxylic acids is 1. The Bertz CT molecular complexity index is 1180. The Labute approximate surface area is 200 Å². The maximum Gasteiger partial charge on any atom is 0.278 e. The summed E-state index contributed by atoms with van der Waals surface area (Å²) in [5, 5.41) is 12.4.